The van der Waals surface area contributed by atoms with Crippen molar-refractivity contribution >= 4 is 17.3 Å². The predicted octanol–water partition coefficient (Wildman–Crippen LogP) is 0.978. The van der Waals surface area contributed by atoms with Crippen molar-refractivity contribution in [3.8, 4) is 0 Å². The third-order valence-corrected chi connectivity index (χ3v) is 3.95. The van der Waals surface area contributed by atoms with Gasteiger partial charge in [0.25, 0.3) is 0 Å². The summed E-state index contributed by atoms with van der Waals surface area (Å²) in [5.74, 6) is 2.12. The van der Waals surface area contributed by atoms with Gasteiger partial charge in [-0.15, -0.1) is 0 Å². The first-order valence-electron chi connectivity index (χ1n) is 6.63. The van der Waals surface area contributed by atoms with Crippen LogP contribution >= 0.6 is 0 Å². The van der Waals surface area contributed by atoms with Crippen LogP contribution in [0, 0.1) is 5.92 Å². The molecule has 0 bridgehead atoms. The molecule has 0 radical (unpaired) electrons. The van der Waals surface area contributed by atoms with Crippen LogP contribution in [0.25, 0.3) is 5.65 Å². The summed E-state index contributed by atoms with van der Waals surface area (Å²) in [6.07, 6.45) is 6.67. The largest absolute Gasteiger partial charge is 0.394 e. The van der Waals surface area contributed by atoms with E-state index in [1.54, 1.807) is 6.20 Å². The second kappa shape index (κ2) is 4.70. The molecule has 0 amide bonds. The zero-order chi connectivity index (χ0) is 13.4. The van der Waals surface area contributed by atoms with Crippen molar-refractivity contribution in [2.75, 3.05) is 30.4 Å². The van der Waals surface area contributed by atoms with Crippen LogP contribution in [0.4, 0.5) is 11.6 Å². The molecule has 102 valence electrons. The Morgan fingerprint density at radius 1 is 1.53 bits per heavy atom. The molecule has 0 aliphatic carbocycles. The fraction of sp³-hybridized carbons (Fsp3) is 0.538. The SMILES string of the molecule is CNc1cn2ccnc2c(N2CCC(C)C2CO)n1. The smallest absolute Gasteiger partial charge is 0.180 e. The number of fused-ring (bicyclic) bond motifs is 1. The molecule has 1 aliphatic heterocycles. The molecule has 3 heterocycles. The van der Waals surface area contributed by atoms with Crippen LogP contribution in [-0.2, 0) is 0 Å². The lowest BCUT2D eigenvalue weighted by atomic mass is 10.0. The molecule has 0 saturated carbocycles. The molecular weight excluding hydrogens is 242 g/mol. The van der Waals surface area contributed by atoms with E-state index in [4.69, 9.17) is 0 Å². The van der Waals surface area contributed by atoms with Crippen LogP contribution < -0.4 is 10.2 Å². The Bertz CT molecular complexity index is 581. The van der Waals surface area contributed by atoms with Crippen molar-refractivity contribution < 1.29 is 5.11 Å². The average Bonchev–Trinajstić information content (AvgIpc) is 3.03. The molecule has 1 aliphatic rings. The molecule has 0 aromatic carbocycles. The Labute approximate surface area is 112 Å². The van der Waals surface area contributed by atoms with Crippen molar-refractivity contribution in [1.29, 1.82) is 0 Å². The third kappa shape index (κ3) is 1.92. The lowest BCUT2D eigenvalue weighted by Gasteiger charge is -2.26. The molecule has 2 unspecified atom stereocenters. The third-order valence-electron chi connectivity index (χ3n) is 3.95. The number of anilines is 2. The van der Waals surface area contributed by atoms with Crippen LogP contribution in [0.5, 0.6) is 0 Å². The second-order valence-electron chi connectivity index (χ2n) is 5.07. The van der Waals surface area contributed by atoms with Crippen LogP contribution in [0.2, 0.25) is 0 Å². The number of imidazole rings is 1. The summed E-state index contributed by atoms with van der Waals surface area (Å²) < 4.78 is 1.96. The highest BCUT2D eigenvalue weighted by Gasteiger charge is 2.33. The summed E-state index contributed by atoms with van der Waals surface area (Å²) in [5, 5.41) is 12.7. The highest BCUT2D eigenvalue weighted by molar-refractivity contribution is 5.67. The van der Waals surface area contributed by atoms with Gasteiger partial charge in [-0.3, -0.25) is 0 Å². The fourth-order valence-corrected chi connectivity index (χ4v) is 2.78. The van der Waals surface area contributed by atoms with Crippen LogP contribution in [0.3, 0.4) is 0 Å². The fourth-order valence-electron chi connectivity index (χ4n) is 2.78. The summed E-state index contributed by atoms with van der Waals surface area (Å²) in [6.45, 7) is 3.24. The molecule has 19 heavy (non-hydrogen) atoms. The molecule has 1 fully saturated rings. The molecule has 2 aromatic heterocycles. The van der Waals surface area contributed by atoms with Crippen molar-refractivity contribution in [3.05, 3.63) is 18.6 Å². The Kier molecular flexibility index (Phi) is 3.02. The van der Waals surface area contributed by atoms with Crippen molar-refractivity contribution in [1.82, 2.24) is 14.4 Å². The van der Waals surface area contributed by atoms with Gasteiger partial charge in [0.15, 0.2) is 11.5 Å². The van der Waals surface area contributed by atoms with Gasteiger partial charge in [-0.05, 0) is 12.3 Å². The Balaban J connectivity index is 2.10. The van der Waals surface area contributed by atoms with Gasteiger partial charge in [0, 0.05) is 26.0 Å². The van der Waals surface area contributed by atoms with Gasteiger partial charge >= 0.3 is 0 Å². The predicted molar refractivity (Wildman–Crippen MR) is 74.5 cm³/mol. The number of aromatic nitrogens is 3. The highest BCUT2D eigenvalue weighted by atomic mass is 16.3. The number of nitrogens with one attached hydrogen (secondary N) is 1. The first-order chi connectivity index (χ1) is 9.24. The van der Waals surface area contributed by atoms with Crippen molar-refractivity contribution in [2.24, 2.45) is 5.92 Å². The van der Waals surface area contributed by atoms with Crippen LogP contribution in [0.15, 0.2) is 18.6 Å². The zero-order valence-electron chi connectivity index (χ0n) is 11.2. The first-order valence-corrected chi connectivity index (χ1v) is 6.63. The van der Waals surface area contributed by atoms with E-state index in [-0.39, 0.29) is 12.6 Å². The molecule has 2 aromatic rings. The van der Waals surface area contributed by atoms with Crippen LogP contribution in [-0.4, -0.2) is 45.7 Å². The normalized spacial score (nSPS) is 23.2. The van der Waals surface area contributed by atoms with Gasteiger partial charge < -0.3 is 19.7 Å². The minimum atomic E-state index is 0.125. The van der Waals surface area contributed by atoms with Gasteiger partial charge in [0.1, 0.15) is 5.82 Å². The van der Waals surface area contributed by atoms with E-state index in [1.807, 2.05) is 23.8 Å². The van der Waals surface area contributed by atoms with Gasteiger partial charge in [-0.1, -0.05) is 6.92 Å². The minimum Gasteiger partial charge on any atom is -0.394 e. The zero-order valence-corrected chi connectivity index (χ0v) is 11.2. The summed E-state index contributed by atoms with van der Waals surface area (Å²) in [5.41, 5.74) is 0.839. The van der Waals surface area contributed by atoms with Gasteiger partial charge in [0.2, 0.25) is 0 Å². The van der Waals surface area contributed by atoms with Crippen molar-refractivity contribution in [3.63, 3.8) is 0 Å². The van der Waals surface area contributed by atoms with E-state index in [1.165, 1.54) is 0 Å². The Morgan fingerprint density at radius 3 is 3.11 bits per heavy atom. The lowest BCUT2D eigenvalue weighted by molar-refractivity contribution is 0.244. The maximum atomic E-state index is 9.61. The first kappa shape index (κ1) is 12.2. The standard InChI is InChI=1S/C13H19N5O/c1-9-3-5-18(10(9)8-19)13-12-15-4-6-17(12)7-11(14-2)16-13/h4,6-7,9-10,14,19H,3,5,8H2,1-2H3. The van der Waals surface area contributed by atoms with Gasteiger partial charge in [-0.2, -0.15) is 0 Å². The summed E-state index contributed by atoms with van der Waals surface area (Å²) >= 11 is 0. The minimum absolute atomic E-state index is 0.125. The van der Waals surface area contributed by atoms with E-state index in [9.17, 15) is 5.11 Å². The van der Waals surface area contributed by atoms with E-state index in [0.717, 1.165) is 30.2 Å². The number of aliphatic hydroxyl groups excluding tert-OH is 1. The highest BCUT2D eigenvalue weighted by Crippen LogP contribution is 2.31. The molecule has 6 nitrogen and oxygen atoms in total. The second-order valence-corrected chi connectivity index (χ2v) is 5.07. The van der Waals surface area contributed by atoms with E-state index in [0.29, 0.717) is 5.92 Å². The quantitative estimate of drug-likeness (QED) is 0.862. The molecule has 0 spiro atoms. The molecule has 6 heteroatoms. The Hall–Kier alpha value is -1.82. The van der Waals surface area contributed by atoms with E-state index < -0.39 is 0 Å². The number of hydrogen-bond donors (Lipinski definition) is 2. The van der Waals surface area contributed by atoms with Gasteiger partial charge in [-0.25, -0.2) is 9.97 Å². The monoisotopic (exact) mass is 261 g/mol. The molecule has 2 atom stereocenters. The Morgan fingerprint density at radius 2 is 2.37 bits per heavy atom. The molecule has 3 rings (SSSR count). The maximum Gasteiger partial charge on any atom is 0.180 e. The summed E-state index contributed by atoms with van der Waals surface area (Å²) in [6, 6.07) is 0.125. The number of hydrogen-bond acceptors (Lipinski definition) is 5. The molecular formula is C13H19N5O. The molecule has 2 N–H and O–H groups in total. The van der Waals surface area contributed by atoms with Crippen LogP contribution in [0.1, 0.15) is 13.3 Å². The number of aliphatic hydroxyl groups is 1. The lowest BCUT2D eigenvalue weighted by Crippen LogP contribution is -2.36. The average molecular weight is 261 g/mol. The summed E-state index contributed by atoms with van der Waals surface area (Å²) in [7, 11) is 1.85. The topological polar surface area (TPSA) is 65.7 Å². The molecule has 1 saturated heterocycles. The van der Waals surface area contributed by atoms with Gasteiger partial charge in [0.05, 0.1) is 18.8 Å². The van der Waals surface area contributed by atoms with Crippen molar-refractivity contribution in [2.45, 2.75) is 19.4 Å². The maximum absolute atomic E-state index is 9.61. The number of rotatable bonds is 3. The number of nitrogens with zero attached hydrogens (tertiary/aromatic N) is 4. The van der Waals surface area contributed by atoms with E-state index >= 15 is 0 Å². The summed E-state index contributed by atoms with van der Waals surface area (Å²) in [4.78, 5) is 11.2. The van der Waals surface area contributed by atoms with E-state index in [2.05, 4.69) is 27.1 Å².